The number of ether oxygens (including phenoxy) is 2. The molecule has 0 saturated heterocycles. The molecule has 4 aromatic rings. The van der Waals surface area contributed by atoms with Crippen LogP contribution in [0.25, 0.3) is 16.6 Å². The number of fused-ring (bicyclic) bond motifs is 1. The maximum Gasteiger partial charge on any atom is 0.266 e. The lowest BCUT2D eigenvalue weighted by atomic mass is 10.2. The lowest BCUT2D eigenvalue weighted by Crippen LogP contribution is -2.23. The molecule has 33 heavy (non-hydrogen) atoms. The SMILES string of the molecule is COc1ccc(NC(=O)CSc2nc3ccccc3c(=O)n2-c2ccccc2C)cc1OC. The third-order valence-electron chi connectivity index (χ3n) is 5.10. The van der Waals surface area contributed by atoms with Gasteiger partial charge in [-0.05, 0) is 42.8 Å². The molecular formula is C25H23N3O4S. The number of nitrogens with one attached hydrogen (secondary N) is 1. The molecule has 3 aromatic carbocycles. The van der Waals surface area contributed by atoms with E-state index in [1.165, 1.54) is 18.9 Å². The van der Waals surface area contributed by atoms with E-state index in [0.29, 0.717) is 33.2 Å². The number of rotatable bonds is 7. The number of methoxy groups -OCH3 is 2. The van der Waals surface area contributed by atoms with Crippen LogP contribution in [-0.2, 0) is 4.79 Å². The van der Waals surface area contributed by atoms with Crippen molar-refractivity contribution in [1.82, 2.24) is 9.55 Å². The number of benzene rings is 3. The summed E-state index contributed by atoms with van der Waals surface area (Å²) in [5.74, 6) is 0.941. The van der Waals surface area contributed by atoms with Gasteiger partial charge in [0, 0.05) is 11.8 Å². The highest BCUT2D eigenvalue weighted by Crippen LogP contribution is 2.30. The van der Waals surface area contributed by atoms with Crippen LogP contribution in [0.1, 0.15) is 5.56 Å². The van der Waals surface area contributed by atoms with Gasteiger partial charge < -0.3 is 14.8 Å². The zero-order chi connectivity index (χ0) is 23.4. The number of nitrogens with zero attached hydrogens (tertiary/aromatic N) is 2. The molecular weight excluding hydrogens is 438 g/mol. The first kappa shape index (κ1) is 22.4. The Bertz CT molecular complexity index is 1380. The Kier molecular flexibility index (Phi) is 6.65. The Hall–Kier alpha value is -3.78. The van der Waals surface area contributed by atoms with Crippen molar-refractivity contribution in [2.45, 2.75) is 12.1 Å². The largest absolute Gasteiger partial charge is 0.493 e. The number of para-hydroxylation sites is 2. The molecule has 0 spiro atoms. The normalized spacial score (nSPS) is 10.8. The molecule has 8 heteroatoms. The molecule has 0 aliphatic carbocycles. The molecule has 0 saturated carbocycles. The van der Waals surface area contributed by atoms with Crippen LogP contribution in [0.5, 0.6) is 11.5 Å². The monoisotopic (exact) mass is 461 g/mol. The van der Waals surface area contributed by atoms with Gasteiger partial charge in [0.15, 0.2) is 16.7 Å². The lowest BCUT2D eigenvalue weighted by Gasteiger charge is -2.15. The molecule has 1 heterocycles. The first-order chi connectivity index (χ1) is 16.0. The van der Waals surface area contributed by atoms with Crippen LogP contribution < -0.4 is 20.3 Å². The predicted molar refractivity (Wildman–Crippen MR) is 131 cm³/mol. The second kappa shape index (κ2) is 9.79. The van der Waals surface area contributed by atoms with Crippen molar-refractivity contribution in [3.63, 3.8) is 0 Å². The number of aromatic nitrogens is 2. The minimum atomic E-state index is -0.231. The Labute approximate surface area is 195 Å². The van der Waals surface area contributed by atoms with Crippen molar-refractivity contribution in [2.75, 3.05) is 25.3 Å². The number of hydrogen-bond donors (Lipinski definition) is 1. The van der Waals surface area contributed by atoms with Crippen LogP contribution in [0.2, 0.25) is 0 Å². The fourth-order valence-corrected chi connectivity index (χ4v) is 4.28. The van der Waals surface area contributed by atoms with E-state index in [9.17, 15) is 9.59 Å². The molecule has 0 unspecified atom stereocenters. The zero-order valence-corrected chi connectivity index (χ0v) is 19.3. The van der Waals surface area contributed by atoms with Crippen LogP contribution in [-0.4, -0.2) is 35.4 Å². The first-order valence-electron chi connectivity index (χ1n) is 10.2. The number of hydrogen-bond acceptors (Lipinski definition) is 6. The van der Waals surface area contributed by atoms with Gasteiger partial charge in [0.2, 0.25) is 5.91 Å². The number of anilines is 1. The quantitative estimate of drug-likeness (QED) is 0.324. The summed E-state index contributed by atoms with van der Waals surface area (Å²) in [5.41, 5.74) is 2.69. The molecule has 7 nitrogen and oxygen atoms in total. The first-order valence-corrected chi connectivity index (χ1v) is 11.2. The highest BCUT2D eigenvalue weighted by Gasteiger charge is 2.16. The van der Waals surface area contributed by atoms with Gasteiger partial charge in [0.1, 0.15) is 0 Å². The topological polar surface area (TPSA) is 82.5 Å². The summed E-state index contributed by atoms with van der Waals surface area (Å²) < 4.78 is 12.1. The summed E-state index contributed by atoms with van der Waals surface area (Å²) in [6.07, 6.45) is 0. The van der Waals surface area contributed by atoms with Crippen LogP contribution in [0.15, 0.2) is 76.7 Å². The molecule has 0 atom stereocenters. The van der Waals surface area contributed by atoms with E-state index >= 15 is 0 Å². The maximum atomic E-state index is 13.4. The van der Waals surface area contributed by atoms with Crippen LogP contribution in [0.4, 0.5) is 5.69 Å². The Morgan fingerprint density at radius 1 is 1.00 bits per heavy atom. The fourth-order valence-electron chi connectivity index (χ4n) is 3.48. The average Bonchev–Trinajstić information content (AvgIpc) is 2.83. The van der Waals surface area contributed by atoms with Gasteiger partial charge in [-0.15, -0.1) is 0 Å². The van der Waals surface area contributed by atoms with Crippen LogP contribution in [0, 0.1) is 6.92 Å². The standard InChI is InChI=1S/C25H23N3O4S/c1-16-8-4-7-11-20(16)28-24(30)18-9-5-6-10-19(18)27-25(28)33-15-23(29)26-17-12-13-21(31-2)22(14-17)32-3/h4-14H,15H2,1-3H3,(H,26,29). The second-order valence-corrected chi connectivity index (χ2v) is 8.19. The van der Waals surface area contributed by atoms with E-state index in [0.717, 1.165) is 11.3 Å². The van der Waals surface area contributed by atoms with Gasteiger partial charge in [0.25, 0.3) is 5.56 Å². The number of aryl methyl sites for hydroxylation is 1. The molecule has 0 radical (unpaired) electrons. The molecule has 1 aromatic heterocycles. The molecule has 0 bridgehead atoms. The summed E-state index contributed by atoms with van der Waals surface area (Å²) in [5, 5.41) is 3.83. The van der Waals surface area contributed by atoms with E-state index in [-0.39, 0.29) is 17.2 Å². The summed E-state index contributed by atoms with van der Waals surface area (Å²) in [6.45, 7) is 1.94. The molecule has 0 fully saturated rings. The van der Waals surface area contributed by atoms with E-state index in [2.05, 4.69) is 5.32 Å². The zero-order valence-electron chi connectivity index (χ0n) is 18.5. The van der Waals surface area contributed by atoms with Gasteiger partial charge in [-0.25, -0.2) is 4.98 Å². The number of amides is 1. The van der Waals surface area contributed by atoms with Crippen molar-refractivity contribution in [1.29, 1.82) is 0 Å². The molecule has 0 aliphatic rings. The minimum absolute atomic E-state index is 0.0744. The molecule has 0 aliphatic heterocycles. The molecule has 168 valence electrons. The van der Waals surface area contributed by atoms with Crippen molar-refractivity contribution >= 4 is 34.3 Å². The third-order valence-corrected chi connectivity index (χ3v) is 6.04. The lowest BCUT2D eigenvalue weighted by molar-refractivity contribution is -0.113. The van der Waals surface area contributed by atoms with Crippen LogP contribution in [0.3, 0.4) is 0 Å². The van der Waals surface area contributed by atoms with E-state index in [4.69, 9.17) is 14.5 Å². The van der Waals surface area contributed by atoms with Gasteiger partial charge in [-0.3, -0.25) is 14.2 Å². The Balaban J connectivity index is 1.63. The maximum absolute atomic E-state index is 13.4. The molecule has 4 rings (SSSR count). The van der Waals surface area contributed by atoms with Crippen molar-refractivity contribution in [2.24, 2.45) is 0 Å². The molecule has 1 amide bonds. The van der Waals surface area contributed by atoms with Gasteiger partial charge >= 0.3 is 0 Å². The van der Waals surface area contributed by atoms with E-state index < -0.39 is 0 Å². The number of carbonyl (C=O) groups is 1. The van der Waals surface area contributed by atoms with E-state index in [1.807, 2.05) is 43.3 Å². The van der Waals surface area contributed by atoms with Gasteiger partial charge in [-0.1, -0.05) is 42.1 Å². The van der Waals surface area contributed by atoms with Gasteiger partial charge in [0.05, 0.1) is 36.6 Å². The average molecular weight is 462 g/mol. The van der Waals surface area contributed by atoms with Crippen molar-refractivity contribution in [3.8, 4) is 17.2 Å². The second-order valence-electron chi connectivity index (χ2n) is 7.25. The Morgan fingerprint density at radius 3 is 2.48 bits per heavy atom. The van der Waals surface area contributed by atoms with Crippen molar-refractivity contribution in [3.05, 3.63) is 82.6 Å². The fraction of sp³-hybridized carbons (Fsp3) is 0.160. The summed E-state index contributed by atoms with van der Waals surface area (Å²) in [7, 11) is 3.09. The van der Waals surface area contributed by atoms with Crippen LogP contribution >= 0.6 is 11.8 Å². The van der Waals surface area contributed by atoms with Crippen molar-refractivity contribution < 1.29 is 14.3 Å². The smallest absolute Gasteiger partial charge is 0.266 e. The van der Waals surface area contributed by atoms with E-state index in [1.54, 1.807) is 42.0 Å². The summed E-state index contributed by atoms with van der Waals surface area (Å²) >= 11 is 1.21. The van der Waals surface area contributed by atoms with Gasteiger partial charge in [-0.2, -0.15) is 0 Å². The highest BCUT2D eigenvalue weighted by atomic mass is 32.2. The third kappa shape index (κ3) is 4.70. The summed E-state index contributed by atoms with van der Waals surface area (Å²) in [6, 6.07) is 20.0. The summed E-state index contributed by atoms with van der Waals surface area (Å²) in [4.78, 5) is 30.7. The number of thioether (sulfide) groups is 1. The molecule has 1 N–H and O–H groups in total. The number of carbonyl (C=O) groups excluding carboxylic acids is 1. The minimum Gasteiger partial charge on any atom is -0.493 e. The Morgan fingerprint density at radius 2 is 1.73 bits per heavy atom. The predicted octanol–water partition coefficient (Wildman–Crippen LogP) is 4.44. The highest BCUT2D eigenvalue weighted by molar-refractivity contribution is 7.99.